The van der Waals surface area contributed by atoms with Gasteiger partial charge in [-0.25, -0.2) is 23.4 Å². The standard InChI is InChI=1S/C29H25F2N7O2/c30-22-4-1-5-23(31)26(22)40-21-10-8-18(9-11-21)25-24-27(33)34-16-35-28(24)38(36-25)20-3-2-12-37(15-20)29(39)19(14-32)13-17-6-7-17/h1,4-5,8-11,13,16-17,20H,2-3,6-7,12,15H2,(H2,33,34,35)/b19-13-/t20-/m1/s1. The number of aromatic nitrogens is 4. The third kappa shape index (κ3) is 4.84. The Morgan fingerprint density at radius 1 is 1.10 bits per heavy atom. The number of benzene rings is 2. The van der Waals surface area contributed by atoms with Gasteiger partial charge in [-0.3, -0.25) is 4.79 Å². The summed E-state index contributed by atoms with van der Waals surface area (Å²) in [7, 11) is 0. The number of halogens is 2. The summed E-state index contributed by atoms with van der Waals surface area (Å²) in [4.78, 5) is 23.4. The molecule has 1 aliphatic carbocycles. The van der Waals surface area contributed by atoms with Crippen LogP contribution in [0, 0.1) is 28.9 Å². The number of hydrogen-bond donors (Lipinski definition) is 1. The number of likely N-dealkylation sites (tertiary alicyclic amines) is 1. The normalized spacial score (nSPS) is 17.6. The van der Waals surface area contributed by atoms with Crippen LogP contribution >= 0.6 is 0 Å². The number of para-hydroxylation sites is 1. The highest BCUT2D eigenvalue weighted by Gasteiger charge is 2.31. The zero-order chi connectivity index (χ0) is 27.8. The van der Waals surface area contributed by atoms with E-state index >= 15 is 0 Å². The second kappa shape index (κ2) is 10.4. The molecule has 2 aromatic carbocycles. The molecule has 9 nitrogen and oxygen atoms in total. The van der Waals surface area contributed by atoms with Crippen LogP contribution in [0.3, 0.4) is 0 Å². The van der Waals surface area contributed by atoms with Gasteiger partial charge in [-0.15, -0.1) is 0 Å². The van der Waals surface area contributed by atoms with E-state index in [0.29, 0.717) is 41.3 Å². The van der Waals surface area contributed by atoms with Gasteiger partial charge in [-0.2, -0.15) is 10.4 Å². The number of carbonyl (C=O) groups excluding carboxylic acids is 1. The van der Waals surface area contributed by atoms with Gasteiger partial charge >= 0.3 is 0 Å². The summed E-state index contributed by atoms with van der Waals surface area (Å²) in [5, 5.41) is 15.0. The highest BCUT2D eigenvalue weighted by atomic mass is 19.1. The number of allylic oxidation sites excluding steroid dienone is 1. The lowest BCUT2D eigenvalue weighted by Gasteiger charge is -2.32. The lowest BCUT2D eigenvalue weighted by atomic mass is 10.0. The van der Waals surface area contributed by atoms with Gasteiger partial charge in [-0.05, 0) is 68.0 Å². The summed E-state index contributed by atoms with van der Waals surface area (Å²) in [6.45, 7) is 0.940. The third-order valence-electron chi connectivity index (χ3n) is 7.19. The zero-order valence-corrected chi connectivity index (χ0v) is 21.4. The topological polar surface area (TPSA) is 123 Å². The number of nitriles is 1. The molecular formula is C29H25F2N7O2. The number of nitrogens with zero attached hydrogens (tertiary/aromatic N) is 6. The van der Waals surface area contributed by atoms with E-state index in [1.54, 1.807) is 39.9 Å². The maximum absolute atomic E-state index is 14.0. The number of nitrogen functional groups attached to an aromatic ring is 1. The van der Waals surface area contributed by atoms with Crippen molar-refractivity contribution in [1.29, 1.82) is 5.26 Å². The monoisotopic (exact) mass is 541 g/mol. The van der Waals surface area contributed by atoms with E-state index in [0.717, 1.165) is 37.8 Å². The summed E-state index contributed by atoms with van der Waals surface area (Å²) in [6, 6.07) is 12.0. The van der Waals surface area contributed by atoms with Crippen LogP contribution in [-0.2, 0) is 4.79 Å². The second-order valence-electron chi connectivity index (χ2n) is 10.0. The van der Waals surface area contributed by atoms with E-state index in [2.05, 4.69) is 16.0 Å². The van der Waals surface area contributed by atoms with Crippen molar-refractivity contribution < 1.29 is 18.3 Å². The van der Waals surface area contributed by atoms with Crippen LogP contribution in [-0.4, -0.2) is 43.6 Å². The van der Waals surface area contributed by atoms with Gasteiger partial charge < -0.3 is 15.4 Å². The van der Waals surface area contributed by atoms with Gasteiger partial charge in [0.05, 0.1) is 11.4 Å². The fraction of sp³-hybridized carbons (Fsp3) is 0.276. The molecule has 40 heavy (non-hydrogen) atoms. The lowest BCUT2D eigenvalue weighted by Crippen LogP contribution is -2.41. The van der Waals surface area contributed by atoms with Gasteiger partial charge in [0.25, 0.3) is 5.91 Å². The minimum absolute atomic E-state index is 0.184. The molecule has 1 saturated heterocycles. The van der Waals surface area contributed by atoms with Crippen LogP contribution in [0.5, 0.6) is 11.5 Å². The predicted molar refractivity (Wildman–Crippen MR) is 143 cm³/mol. The van der Waals surface area contributed by atoms with Gasteiger partial charge in [0.15, 0.2) is 23.0 Å². The Morgan fingerprint density at radius 2 is 1.85 bits per heavy atom. The number of piperidine rings is 1. The first-order valence-electron chi connectivity index (χ1n) is 13.0. The smallest absolute Gasteiger partial charge is 0.264 e. The van der Waals surface area contributed by atoms with Crippen molar-refractivity contribution in [3.8, 4) is 28.8 Å². The molecule has 202 valence electrons. The fourth-order valence-electron chi connectivity index (χ4n) is 4.99. The molecule has 1 saturated carbocycles. The molecule has 0 spiro atoms. The van der Waals surface area contributed by atoms with E-state index in [1.807, 2.05) is 0 Å². The van der Waals surface area contributed by atoms with E-state index in [9.17, 15) is 18.8 Å². The van der Waals surface area contributed by atoms with Gasteiger partial charge in [0, 0.05) is 18.7 Å². The maximum Gasteiger partial charge on any atom is 0.264 e. The van der Waals surface area contributed by atoms with Crippen LogP contribution in [0.1, 0.15) is 31.7 Å². The van der Waals surface area contributed by atoms with Gasteiger partial charge in [0.1, 0.15) is 35.2 Å². The summed E-state index contributed by atoms with van der Waals surface area (Å²) < 4.78 is 35.3. The third-order valence-corrected chi connectivity index (χ3v) is 7.19. The number of rotatable bonds is 6. The SMILES string of the molecule is N#C/C(=C/C1CC1)C(=O)N1CCC[C@@H](n2nc(-c3ccc(Oc4c(F)cccc4F)cc3)c3c(N)ncnc32)C1. The summed E-state index contributed by atoms with van der Waals surface area (Å²) >= 11 is 0. The largest absolute Gasteiger partial charge is 0.451 e. The van der Waals surface area contributed by atoms with Gasteiger partial charge in [0.2, 0.25) is 0 Å². The summed E-state index contributed by atoms with van der Waals surface area (Å²) in [5.74, 6) is -1.53. The van der Waals surface area contributed by atoms with Crippen molar-refractivity contribution >= 4 is 22.8 Å². The Bertz CT molecular complexity index is 1650. The van der Waals surface area contributed by atoms with Crippen LogP contribution < -0.4 is 10.5 Å². The highest BCUT2D eigenvalue weighted by Crippen LogP contribution is 2.36. The minimum atomic E-state index is -0.802. The number of nitrogens with two attached hydrogens (primary N) is 1. The number of hydrogen-bond acceptors (Lipinski definition) is 7. The molecule has 0 unspecified atom stereocenters. The Labute approximate surface area is 228 Å². The van der Waals surface area contributed by atoms with Crippen LogP contribution in [0.15, 0.2) is 60.4 Å². The quantitative estimate of drug-likeness (QED) is 0.264. The molecule has 1 atom stereocenters. The molecule has 0 bridgehead atoms. The van der Waals surface area contributed by atoms with Gasteiger partial charge in [-0.1, -0.05) is 12.1 Å². The highest BCUT2D eigenvalue weighted by molar-refractivity contribution is 5.99. The zero-order valence-electron chi connectivity index (χ0n) is 21.4. The fourth-order valence-corrected chi connectivity index (χ4v) is 4.99. The first-order chi connectivity index (χ1) is 19.4. The Balaban J connectivity index is 1.30. The number of anilines is 1. The summed E-state index contributed by atoms with van der Waals surface area (Å²) in [6.07, 6.45) is 6.69. The van der Waals surface area contributed by atoms with Crippen LogP contribution in [0.4, 0.5) is 14.6 Å². The number of amides is 1. The second-order valence-corrected chi connectivity index (χ2v) is 10.0. The van der Waals surface area contributed by atoms with E-state index < -0.39 is 17.4 Å². The summed E-state index contributed by atoms with van der Waals surface area (Å²) in [5.41, 5.74) is 8.20. The number of fused-ring (bicyclic) bond motifs is 1. The number of ether oxygens (including phenoxy) is 1. The minimum Gasteiger partial charge on any atom is -0.451 e. The van der Waals surface area contributed by atoms with E-state index in [-0.39, 0.29) is 29.1 Å². The molecule has 2 fully saturated rings. The molecule has 2 aromatic heterocycles. The van der Waals surface area contributed by atoms with E-state index in [4.69, 9.17) is 15.6 Å². The van der Waals surface area contributed by atoms with Crippen molar-refractivity contribution in [3.05, 3.63) is 72.1 Å². The molecule has 4 aromatic rings. The lowest BCUT2D eigenvalue weighted by molar-refractivity contribution is -0.128. The van der Waals surface area contributed by atoms with Crippen molar-refractivity contribution in [3.63, 3.8) is 0 Å². The molecule has 0 radical (unpaired) electrons. The average Bonchev–Trinajstić information content (AvgIpc) is 3.71. The molecule has 2 aliphatic rings. The van der Waals surface area contributed by atoms with Crippen molar-refractivity contribution in [2.45, 2.75) is 31.7 Å². The average molecular weight is 542 g/mol. The van der Waals surface area contributed by atoms with Crippen LogP contribution in [0.2, 0.25) is 0 Å². The molecule has 11 heteroatoms. The Morgan fingerprint density at radius 3 is 2.55 bits per heavy atom. The Kier molecular flexibility index (Phi) is 6.59. The molecular weight excluding hydrogens is 516 g/mol. The first kappa shape index (κ1) is 25.4. The van der Waals surface area contributed by atoms with Crippen molar-refractivity contribution in [1.82, 2.24) is 24.6 Å². The van der Waals surface area contributed by atoms with Crippen molar-refractivity contribution in [2.75, 3.05) is 18.8 Å². The molecule has 3 heterocycles. The molecule has 1 aliphatic heterocycles. The first-order valence-corrected chi connectivity index (χ1v) is 13.0. The predicted octanol–water partition coefficient (Wildman–Crippen LogP) is 5.17. The molecule has 1 amide bonds. The molecule has 6 rings (SSSR count). The number of carbonyl (C=O) groups is 1. The van der Waals surface area contributed by atoms with Crippen LogP contribution in [0.25, 0.3) is 22.3 Å². The Hall–Kier alpha value is -4.85. The van der Waals surface area contributed by atoms with Crippen molar-refractivity contribution in [2.24, 2.45) is 5.92 Å². The van der Waals surface area contributed by atoms with E-state index in [1.165, 1.54) is 12.4 Å². The molecule has 2 N–H and O–H groups in total. The maximum atomic E-state index is 14.0.